The number of nitrogens with zero attached hydrogens (tertiary/aromatic N) is 6. The number of nitrogen functional groups attached to an aromatic ring is 1. The summed E-state index contributed by atoms with van der Waals surface area (Å²) in [5, 5.41) is 11.7. The van der Waals surface area contributed by atoms with Crippen LogP contribution in [0.15, 0.2) is 84.0 Å². The zero-order chi connectivity index (χ0) is 29.5. The van der Waals surface area contributed by atoms with Crippen molar-refractivity contribution in [3.05, 3.63) is 118 Å². The number of benzene rings is 2. The zero-order valence-corrected chi connectivity index (χ0v) is 23.3. The number of imidazole rings is 1. The predicted molar refractivity (Wildman–Crippen MR) is 163 cm³/mol. The van der Waals surface area contributed by atoms with Gasteiger partial charge in [-0.05, 0) is 48.6 Å². The fraction of sp³-hybridized carbons (Fsp3) is 0.156. The number of para-hydroxylation sites is 1. The fourth-order valence-corrected chi connectivity index (χ4v) is 5.54. The maximum atomic E-state index is 14.3. The normalized spacial score (nSPS) is 13.3. The molecule has 0 aliphatic carbocycles. The van der Waals surface area contributed by atoms with Crippen molar-refractivity contribution in [3.63, 3.8) is 0 Å². The molecule has 1 amide bonds. The lowest BCUT2D eigenvalue weighted by Gasteiger charge is -2.21. The highest BCUT2D eigenvalue weighted by Gasteiger charge is 2.24. The molecule has 0 radical (unpaired) electrons. The zero-order valence-electron chi connectivity index (χ0n) is 23.3. The molecule has 11 heteroatoms. The van der Waals surface area contributed by atoms with Gasteiger partial charge in [-0.2, -0.15) is 0 Å². The number of carbonyl (C=O) groups is 1. The number of amides is 1. The molecule has 0 fully saturated rings. The minimum Gasteiger partial charge on any atom is -0.381 e. The lowest BCUT2D eigenvalue weighted by Crippen LogP contribution is -2.32. The minimum atomic E-state index is -0.579. The van der Waals surface area contributed by atoms with E-state index in [9.17, 15) is 9.59 Å². The highest BCUT2D eigenvalue weighted by atomic mass is 16.2. The van der Waals surface area contributed by atoms with Gasteiger partial charge in [0.2, 0.25) is 0 Å². The molecule has 0 bridgehead atoms. The van der Waals surface area contributed by atoms with E-state index in [4.69, 9.17) is 5.73 Å². The van der Waals surface area contributed by atoms with Gasteiger partial charge in [0.05, 0.1) is 24.2 Å². The van der Waals surface area contributed by atoms with E-state index in [1.54, 1.807) is 29.2 Å². The first kappa shape index (κ1) is 26.2. The van der Waals surface area contributed by atoms with Crippen LogP contribution in [0.1, 0.15) is 46.1 Å². The smallest absolute Gasteiger partial charge is 0.264 e. The number of nitrogens with one attached hydrogen (secondary N) is 2. The lowest BCUT2D eigenvalue weighted by molar-refractivity contribution is 0.0941. The third-order valence-corrected chi connectivity index (χ3v) is 7.59. The van der Waals surface area contributed by atoms with Crippen LogP contribution in [-0.2, 0) is 13.1 Å². The molecule has 1 aliphatic rings. The number of nitrogens with two attached hydrogens (primary N) is 1. The molecule has 11 nitrogen and oxygen atoms in total. The lowest BCUT2D eigenvalue weighted by atomic mass is 10.0. The standard InChI is InChI=1S/C32H27N9O2/c1-20(37-31(42)28-29(33)38-40-15-6-13-35-30(28)40)25-17-22-8-5-7-21(11-12-24-18-36-26-19-34-14-16-39(24)26)27(22)32(43)41(25)23-9-3-2-4-10-23/h2-10,13,15,17-18,20,34H,14,16,19H2,1H3,(H2,33,38)(H,37,42)/t20-/m0/s1. The van der Waals surface area contributed by atoms with E-state index in [-0.39, 0.29) is 16.9 Å². The van der Waals surface area contributed by atoms with Gasteiger partial charge in [-0.1, -0.05) is 36.3 Å². The number of hydrogen-bond acceptors (Lipinski definition) is 7. The number of hydrogen-bond donors (Lipinski definition) is 3. The number of anilines is 1. The Labute approximate surface area is 246 Å². The molecule has 0 spiro atoms. The molecule has 0 saturated carbocycles. The Hall–Kier alpha value is -5.73. The van der Waals surface area contributed by atoms with E-state index < -0.39 is 11.9 Å². The molecule has 6 aromatic rings. The van der Waals surface area contributed by atoms with Gasteiger partial charge < -0.3 is 20.9 Å². The Morgan fingerprint density at radius 3 is 2.81 bits per heavy atom. The van der Waals surface area contributed by atoms with Gasteiger partial charge in [0.25, 0.3) is 11.5 Å². The highest BCUT2D eigenvalue weighted by molar-refractivity contribution is 6.04. The molecule has 2 aromatic carbocycles. The molecule has 1 aliphatic heterocycles. The van der Waals surface area contributed by atoms with E-state index >= 15 is 0 Å². The Balaban J connectivity index is 1.33. The third-order valence-electron chi connectivity index (χ3n) is 7.59. The Morgan fingerprint density at radius 1 is 1.09 bits per heavy atom. The first-order valence-electron chi connectivity index (χ1n) is 13.9. The van der Waals surface area contributed by atoms with Crippen LogP contribution in [0, 0.1) is 11.8 Å². The van der Waals surface area contributed by atoms with Crippen LogP contribution in [-0.4, -0.2) is 41.2 Å². The molecule has 4 aromatic heterocycles. The summed E-state index contributed by atoms with van der Waals surface area (Å²) in [6.07, 6.45) is 5.03. The van der Waals surface area contributed by atoms with Gasteiger partial charge in [0.15, 0.2) is 11.5 Å². The average molecular weight is 570 g/mol. The topological polar surface area (TPSA) is 137 Å². The Morgan fingerprint density at radius 2 is 1.95 bits per heavy atom. The monoisotopic (exact) mass is 569 g/mol. The molecule has 0 saturated heterocycles. The van der Waals surface area contributed by atoms with Gasteiger partial charge in [-0.15, -0.1) is 5.10 Å². The number of fused-ring (bicyclic) bond motifs is 3. The minimum absolute atomic E-state index is 0.0706. The van der Waals surface area contributed by atoms with Crippen LogP contribution in [0.25, 0.3) is 22.1 Å². The maximum absolute atomic E-state index is 14.3. The van der Waals surface area contributed by atoms with E-state index in [1.807, 2.05) is 61.5 Å². The van der Waals surface area contributed by atoms with Crippen LogP contribution in [0.5, 0.6) is 0 Å². The van der Waals surface area contributed by atoms with Crippen molar-refractivity contribution in [3.8, 4) is 17.5 Å². The molecule has 5 heterocycles. The molecule has 43 heavy (non-hydrogen) atoms. The molecule has 4 N–H and O–H groups in total. The first-order chi connectivity index (χ1) is 21.0. The molecule has 7 rings (SSSR count). The van der Waals surface area contributed by atoms with Gasteiger partial charge in [-0.3, -0.25) is 14.2 Å². The van der Waals surface area contributed by atoms with Gasteiger partial charge in [0, 0.05) is 42.4 Å². The largest absolute Gasteiger partial charge is 0.381 e. The second-order valence-electron chi connectivity index (χ2n) is 10.3. The van der Waals surface area contributed by atoms with Gasteiger partial charge >= 0.3 is 0 Å². The highest BCUT2D eigenvalue weighted by Crippen LogP contribution is 2.24. The SMILES string of the molecule is C[C@H](NC(=O)c1c(N)nn2cccnc12)c1cc2cccc(C#Cc3cnc4n3CCNC4)c2c(=O)n1-c1ccccc1. The first-order valence-corrected chi connectivity index (χ1v) is 13.9. The van der Waals surface area contributed by atoms with Crippen molar-refractivity contribution in [2.75, 3.05) is 12.3 Å². The number of aromatic nitrogens is 6. The Bertz CT molecular complexity index is 2150. The number of rotatable bonds is 4. The van der Waals surface area contributed by atoms with Crippen molar-refractivity contribution < 1.29 is 4.79 Å². The number of pyridine rings is 1. The van der Waals surface area contributed by atoms with E-state index in [0.717, 1.165) is 30.0 Å². The van der Waals surface area contributed by atoms with Crippen LogP contribution in [0.4, 0.5) is 5.82 Å². The van der Waals surface area contributed by atoms with Crippen LogP contribution >= 0.6 is 0 Å². The summed E-state index contributed by atoms with van der Waals surface area (Å²) < 4.78 is 5.19. The summed E-state index contributed by atoms with van der Waals surface area (Å²) in [5.41, 5.74) is 9.09. The Kier molecular flexibility index (Phi) is 6.45. The van der Waals surface area contributed by atoms with E-state index in [2.05, 4.69) is 42.1 Å². The van der Waals surface area contributed by atoms with Gasteiger partial charge in [0.1, 0.15) is 17.1 Å². The predicted octanol–water partition coefficient (Wildman–Crippen LogP) is 2.81. The molecular weight excluding hydrogens is 542 g/mol. The summed E-state index contributed by atoms with van der Waals surface area (Å²) >= 11 is 0. The van der Waals surface area contributed by atoms with E-state index in [0.29, 0.717) is 34.5 Å². The maximum Gasteiger partial charge on any atom is 0.264 e. The van der Waals surface area contributed by atoms with Crippen molar-refractivity contribution in [2.45, 2.75) is 26.1 Å². The van der Waals surface area contributed by atoms with Gasteiger partial charge in [-0.25, -0.2) is 14.5 Å². The molecule has 0 unspecified atom stereocenters. The molecule has 1 atom stereocenters. The summed E-state index contributed by atoms with van der Waals surface area (Å²) in [7, 11) is 0. The van der Waals surface area contributed by atoms with Crippen molar-refractivity contribution in [1.29, 1.82) is 0 Å². The average Bonchev–Trinajstić information content (AvgIpc) is 3.60. The summed E-state index contributed by atoms with van der Waals surface area (Å²) in [5.74, 6) is 7.05. The number of carbonyl (C=O) groups excluding carboxylic acids is 1. The van der Waals surface area contributed by atoms with Crippen molar-refractivity contribution in [1.82, 2.24) is 39.3 Å². The summed E-state index contributed by atoms with van der Waals surface area (Å²) in [6, 6.07) is 18.0. The molecular formula is C32H27N9O2. The second kappa shape index (κ2) is 10.6. The second-order valence-corrected chi connectivity index (χ2v) is 10.3. The quantitative estimate of drug-likeness (QED) is 0.278. The summed E-state index contributed by atoms with van der Waals surface area (Å²) in [4.78, 5) is 36.6. The van der Waals surface area contributed by atoms with Crippen LogP contribution in [0.2, 0.25) is 0 Å². The van der Waals surface area contributed by atoms with Crippen molar-refractivity contribution in [2.24, 2.45) is 0 Å². The van der Waals surface area contributed by atoms with Crippen LogP contribution in [0.3, 0.4) is 0 Å². The summed E-state index contributed by atoms with van der Waals surface area (Å²) in [6.45, 7) is 4.18. The van der Waals surface area contributed by atoms with E-state index in [1.165, 1.54) is 4.52 Å². The van der Waals surface area contributed by atoms with Crippen LogP contribution < -0.4 is 21.9 Å². The fourth-order valence-electron chi connectivity index (χ4n) is 5.54. The third kappa shape index (κ3) is 4.60. The van der Waals surface area contributed by atoms with Crippen molar-refractivity contribution >= 4 is 28.1 Å². The molecule has 212 valence electrons.